The number of aromatic nitrogens is 3. The predicted molar refractivity (Wildman–Crippen MR) is 217 cm³/mol. The Balaban J connectivity index is 1.25. The average molecular weight is 686 g/mol. The van der Waals surface area contributed by atoms with Gasteiger partial charge in [-0.2, -0.15) is 0 Å². The first-order chi connectivity index (χ1) is 25.8. The Labute approximate surface area is 310 Å². The molecular formula is C48H39N5. The lowest BCUT2D eigenvalue weighted by atomic mass is 9.82. The molecule has 256 valence electrons. The number of nitrogens with one attached hydrogen (secondary N) is 1. The lowest BCUT2D eigenvalue weighted by molar-refractivity contribution is 0.660. The molecule has 2 heterocycles. The first kappa shape index (κ1) is 32.4. The minimum absolute atomic E-state index is 0.0641. The highest BCUT2D eigenvalue weighted by Gasteiger charge is 2.35. The van der Waals surface area contributed by atoms with Crippen LogP contribution in [0.4, 0.5) is 0 Å². The van der Waals surface area contributed by atoms with Crippen LogP contribution >= 0.6 is 0 Å². The summed E-state index contributed by atoms with van der Waals surface area (Å²) in [6, 6.07) is 51.6. The summed E-state index contributed by atoms with van der Waals surface area (Å²) in [7, 11) is 0. The summed E-state index contributed by atoms with van der Waals surface area (Å²) in [5.74, 6) is 2.78. The lowest BCUT2D eigenvalue weighted by Gasteiger charge is -2.21. The van der Waals surface area contributed by atoms with Crippen molar-refractivity contribution in [2.45, 2.75) is 39.2 Å². The van der Waals surface area contributed by atoms with Gasteiger partial charge in [-0.1, -0.05) is 129 Å². The van der Waals surface area contributed by atoms with Gasteiger partial charge < -0.3 is 5.32 Å². The van der Waals surface area contributed by atoms with Crippen LogP contribution in [0.15, 0.2) is 162 Å². The Morgan fingerprint density at radius 1 is 0.472 bits per heavy atom. The fourth-order valence-corrected chi connectivity index (χ4v) is 7.79. The van der Waals surface area contributed by atoms with E-state index in [9.17, 15) is 0 Å². The van der Waals surface area contributed by atoms with E-state index < -0.39 is 0 Å². The molecule has 0 fully saturated rings. The van der Waals surface area contributed by atoms with E-state index in [0.717, 1.165) is 56.0 Å². The van der Waals surface area contributed by atoms with E-state index in [1.165, 1.54) is 22.3 Å². The summed E-state index contributed by atoms with van der Waals surface area (Å²) in [4.78, 5) is 20.1. The highest BCUT2D eigenvalue weighted by atomic mass is 15.0. The fraction of sp³-hybridized carbons (Fsp3) is 0.125. The minimum Gasteiger partial charge on any atom is -0.364 e. The second kappa shape index (κ2) is 12.9. The van der Waals surface area contributed by atoms with Gasteiger partial charge in [-0.05, 0) is 94.8 Å². The van der Waals surface area contributed by atoms with Crippen molar-refractivity contribution in [2.75, 3.05) is 0 Å². The van der Waals surface area contributed by atoms with Crippen molar-refractivity contribution in [1.82, 2.24) is 20.3 Å². The zero-order chi connectivity index (χ0) is 36.1. The van der Waals surface area contributed by atoms with Gasteiger partial charge in [-0.3, -0.25) is 0 Å². The number of nitrogens with zero attached hydrogens (tertiary/aromatic N) is 4. The van der Waals surface area contributed by atoms with E-state index in [1.807, 2.05) is 60.7 Å². The van der Waals surface area contributed by atoms with E-state index in [-0.39, 0.29) is 11.5 Å². The molecule has 0 amide bonds. The molecule has 2 aliphatic rings. The first-order valence-electron chi connectivity index (χ1n) is 18.2. The molecule has 1 unspecified atom stereocenters. The van der Waals surface area contributed by atoms with Gasteiger partial charge in [0.05, 0.1) is 0 Å². The van der Waals surface area contributed by atoms with Crippen molar-refractivity contribution in [3.8, 4) is 67.5 Å². The molecule has 9 rings (SSSR count). The molecule has 1 N–H and O–H groups in total. The van der Waals surface area contributed by atoms with Crippen LogP contribution in [0.5, 0.6) is 0 Å². The number of aliphatic imine (C=N–C) groups is 1. The van der Waals surface area contributed by atoms with Crippen LogP contribution in [0.1, 0.15) is 44.4 Å². The van der Waals surface area contributed by atoms with E-state index in [4.69, 9.17) is 19.9 Å². The standard InChI is InChI=1S/C48H39N5/c1-30-24-31(2)50-46(49-30)36-19-13-18-34(25-36)37-26-38(35-22-23-43-41(29-35)40-20-11-12-21-42(40)48(43,3)4)28-39(27-37)47-52-44(32-14-7-5-8-15-32)51-45(53-47)33-16-9-6-10-17-33/h5-30H,1-4H3,(H,49,50). The topological polar surface area (TPSA) is 63.1 Å². The first-order valence-corrected chi connectivity index (χ1v) is 18.2. The number of allylic oxidation sites excluding steroid dienone is 1. The zero-order valence-electron chi connectivity index (χ0n) is 30.3. The number of amidine groups is 1. The van der Waals surface area contributed by atoms with Crippen molar-refractivity contribution in [1.29, 1.82) is 0 Å². The average Bonchev–Trinajstić information content (AvgIpc) is 3.43. The molecule has 0 saturated heterocycles. The van der Waals surface area contributed by atoms with Gasteiger partial charge in [-0.25, -0.2) is 19.9 Å². The Bertz CT molecular complexity index is 2530. The van der Waals surface area contributed by atoms with Crippen LogP contribution < -0.4 is 5.32 Å². The second-order valence-corrected chi connectivity index (χ2v) is 14.6. The maximum atomic E-state index is 5.13. The zero-order valence-corrected chi connectivity index (χ0v) is 30.3. The maximum Gasteiger partial charge on any atom is 0.164 e. The van der Waals surface area contributed by atoms with Crippen LogP contribution in [0, 0.1) is 0 Å². The van der Waals surface area contributed by atoms with Gasteiger partial charge in [0.1, 0.15) is 5.84 Å². The number of hydrogen-bond donors (Lipinski definition) is 1. The van der Waals surface area contributed by atoms with E-state index in [0.29, 0.717) is 17.5 Å². The third kappa shape index (κ3) is 6.04. The third-order valence-corrected chi connectivity index (χ3v) is 10.4. The van der Waals surface area contributed by atoms with Crippen molar-refractivity contribution >= 4 is 5.84 Å². The van der Waals surface area contributed by atoms with Crippen LogP contribution in [0.25, 0.3) is 67.5 Å². The summed E-state index contributed by atoms with van der Waals surface area (Å²) in [6.45, 7) is 8.84. The molecule has 0 bridgehead atoms. The molecule has 5 heteroatoms. The van der Waals surface area contributed by atoms with Gasteiger partial charge in [0.25, 0.3) is 0 Å². The highest BCUT2D eigenvalue weighted by molar-refractivity contribution is 6.01. The molecule has 7 aromatic rings. The van der Waals surface area contributed by atoms with Crippen LogP contribution in [0.2, 0.25) is 0 Å². The quantitative estimate of drug-likeness (QED) is 0.189. The Morgan fingerprint density at radius 2 is 0.981 bits per heavy atom. The summed E-state index contributed by atoms with van der Waals surface area (Å²) in [6.07, 6.45) is 2.14. The summed E-state index contributed by atoms with van der Waals surface area (Å²) >= 11 is 0. The van der Waals surface area contributed by atoms with Gasteiger partial charge in [-0.15, -0.1) is 0 Å². The molecule has 1 aromatic heterocycles. The lowest BCUT2D eigenvalue weighted by Crippen LogP contribution is -2.34. The summed E-state index contributed by atoms with van der Waals surface area (Å²) in [5.41, 5.74) is 14.5. The molecule has 1 aliphatic carbocycles. The van der Waals surface area contributed by atoms with Crippen LogP contribution in [-0.2, 0) is 5.41 Å². The third-order valence-electron chi connectivity index (χ3n) is 10.4. The van der Waals surface area contributed by atoms with Gasteiger partial charge in [0, 0.05) is 39.4 Å². The molecule has 5 nitrogen and oxygen atoms in total. The van der Waals surface area contributed by atoms with Crippen molar-refractivity contribution in [3.63, 3.8) is 0 Å². The van der Waals surface area contributed by atoms with Crippen molar-refractivity contribution < 1.29 is 0 Å². The van der Waals surface area contributed by atoms with Gasteiger partial charge >= 0.3 is 0 Å². The number of benzene rings is 6. The number of hydrogen-bond acceptors (Lipinski definition) is 5. The molecule has 0 radical (unpaired) electrons. The molecule has 1 atom stereocenters. The summed E-state index contributed by atoms with van der Waals surface area (Å²) < 4.78 is 0. The largest absolute Gasteiger partial charge is 0.364 e. The minimum atomic E-state index is -0.0641. The van der Waals surface area contributed by atoms with E-state index in [1.54, 1.807) is 0 Å². The Morgan fingerprint density at radius 3 is 1.64 bits per heavy atom. The van der Waals surface area contributed by atoms with E-state index >= 15 is 0 Å². The summed E-state index contributed by atoms with van der Waals surface area (Å²) in [5, 5.41) is 3.54. The smallest absolute Gasteiger partial charge is 0.164 e. The fourth-order valence-electron chi connectivity index (χ4n) is 7.79. The molecular weight excluding hydrogens is 647 g/mol. The van der Waals surface area contributed by atoms with E-state index in [2.05, 4.69) is 124 Å². The molecule has 6 aromatic carbocycles. The molecule has 0 spiro atoms. The highest BCUT2D eigenvalue weighted by Crippen LogP contribution is 2.49. The normalized spacial score (nSPS) is 15.5. The van der Waals surface area contributed by atoms with Crippen molar-refractivity contribution in [3.05, 3.63) is 174 Å². The molecule has 1 aliphatic heterocycles. The maximum absolute atomic E-state index is 5.13. The molecule has 0 saturated carbocycles. The molecule has 53 heavy (non-hydrogen) atoms. The number of rotatable bonds is 6. The second-order valence-electron chi connectivity index (χ2n) is 14.6. The Hall–Kier alpha value is -6.46. The number of fused-ring (bicyclic) bond motifs is 3. The van der Waals surface area contributed by atoms with Gasteiger partial charge in [0.15, 0.2) is 17.5 Å². The van der Waals surface area contributed by atoms with Crippen LogP contribution in [0.3, 0.4) is 0 Å². The van der Waals surface area contributed by atoms with Crippen LogP contribution in [-0.4, -0.2) is 26.8 Å². The van der Waals surface area contributed by atoms with Crippen molar-refractivity contribution in [2.24, 2.45) is 4.99 Å². The predicted octanol–water partition coefficient (Wildman–Crippen LogP) is 11.2. The SMILES string of the molecule is CC1=CC(C)NC(c2cccc(-c3cc(-c4ccc5c(c4)-c4ccccc4C5(C)C)cc(-c4nc(-c5ccccc5)nc(-c5ccccc5)n4)c3)c2)=N1. The Kier molecular flexibility index (Phi) is 7.93. The van der Waals surface area contributed by atoms with Gasteiger partial charge in [0.2, 0.25) is 0 Å². The monoisotopic (exact) mass is 685 g/mol.